The summed E-state index contributed by atoms with van der Waals surface area (Å²) in [5.41, 5.74) is 7.04. The molecule has 0 amide bonds. The minimum Gasteiger partial charge on any atom is -0.370 e. The fraction of sp³-hybridized carbons (Fsp3) is 0.625. The van der Waals surface area contributed by atoms with Crippen molar-refractivity contribution in [1.82, 2.24) is 10.3 Å². The Balaban J connectivity index is 2.01. The smallest absolute Gasteiger partial charge is 0.188 e. The average molecular weight is 276 g/mol. The molecule has 0 radical (unpaired) electrons. The van der Waals surface area contributed by atoms with Gasteiger partial charge in [-0.1, -0.05) is 45.1 Å². The van der Waals surface area contributed by atoms with Crippen molar-refractivity contribution in [3.63, 3.8) is 0 Å². The lowest BCUT2D eigenvalue weighted by molar-refractivity contribution is 0.611. The highest BCUT2D eigenvalue weighted by atomic mass is 15.1. The van der Waals surface area contributed by atoms with E-state index in [4.69, 9.17) is 5.73 Å². The van der Waals surface area contributed by atoms with E-state index in [-0.39, 0.29) is 0 Å². The highest BCUT2D eigenvalue weighted by Crippen LogP contribution is 2.04. The number of nitrogens with one attached hydrogen (secondary N) is 1. The zero-order valence-corrected chi connectivity index (χ0v) is 12.6. The largest absolute Gasteiger partial charge is 0.370 e. The van der Waals surface area contributed by atoms with Gasteiger partial charge in [-0.3, -0.25) is 9.98 Å². The number of nitrogens with zero attached hydrogens (tertiary/aromatic N) is 2. The van der Waals surface area contributed by atoms with Crippen molar-refractivity contribution >= 4 is 5.96 Å². The number of hydrogen-bond donors (Lipinski definition) is 2. The molecule has 0 atom stereocenters. The first-order chi connectivity index (χ1) is 9.83. The summed E-state index contributed by atoms with van der Waals surface area (Å²) in [6, 6.07) is 4.02. The quantitative estimate of drug-likeness (QED) is 0.392. The summed E-state index contributed by atoms with van der Waals surface area (Å²) in [5, 5.41) is 3.14. The third kappa shape index (κ3) is 8.51. The molecule has 0 aromatic carbocycles. The zero-order valence-electron chi connectivity index (χ0n) is 12.6. The normalized spacial score (nSPS) is 11.6. The van der Waals surface area contributed by atoms with E-state index in [1.807, 2.05) is 12.3 Å². The summed E-state index contributed by atoms with van der Waals surface area (Å²) >= 11 is 0. The highest BCUT2D eigenvalue weighted by Gasteiger charge is 1.94. The molecule has 0 spiro atoms. The van der Waals surface area contributed by atoms with Gasteiger partial charge in [0.1, 0.15) is 0 Å². The summed E-state index contributed by atoms with van der Waals surface area (Å²) in [4.78, 5) is 8.43. The number of rotatable bonds is 10. The van der Waals surface area contributed by atoms with Gasteiger partial charge in [-0.2, -0.15) is 0 Å². The van der Waals surface area contributed by atoms with Crippen LogP contribution in [0.15, 0.2) is 29.5 Å². The molecule has 0 aliphatic rings. The maximum atomic E-state index is 5.82. The van der Waals surface area contributed by atoms with Crippen LogP contribution in [0.25, 0.3) is 0 Å². The Morgan fingerprint density at radius 1 is 1.25 bits per heavy atom. The zero-order chi connectivity index (χ0) is 14.5. The fourth-order valence-corrected chi connectivity index (χ4v) is 2.03. The molecule has 0 unspecified atom stereocenters. The molecule has 20 heavy (non-hydrogen) atoms. The van der Waals surface area contributed by atoms with Crippen LogP contribution in [-0.4, -0.2) is 24.0 Å². The van der Waals surface area contributed by atoms with Gasteiger partial charge < -0.3 is 11.1 Å². The molecule has 0 saturated heterocycles. The van der Waals surface area contributed by atoms with E-state index < -0.39 is 0 Å². The number of guanidine groups is 1. The third-order valence-corrected chi connectivity index (χ3v) is 3.24. The minimum atomic E-state index is 0.558. The topological polar surface area (TPSA) is 63.3 Å². The number of pyridine rings is 1. The van der Waals surface area contributed by atoms with Crippen LogP contribution in [0.5, 0.6) is 0 Å². The van der Waals surface area contributed by atoms with Crippen molar-refractivity contribution in [1.29, 1.82) is 0 Å². The number of aromatic nitrogens is 1. The Kier molecular flexibility index (Phi) is 9.28. The van der Waals surface area contributed by atoms with E-state index in [1.165, 1.54) is 37.7 Å². The van der Waals surface area contributed by atoms with E-state index in [0.717, 1.165) is 25.9 Å². The van der Waals surface area contributed by atoms with Crippen LogP contribution in [0.2, 0.25) is 0 Å². The molecule has 0 saturated carbocycles. The van der Waals surface area contributed by atoms with Crippen LogP contribution in [0, 0.1) is 0 Å². The SMILES string of the molecule is CCCCCCCCN=C(N)NCCc1cccnc1. The Morgan fingerprint density at radius 3 is 2.80 bits per heavy atom. The molecular weight excluding hydrogens is 248 g/mol. The van der Waals surface area contributed by atoms with Crippen LogP contribution in [0.3, 0.4) is 0 Å². The summed E-state index contributed by atoms with van der Waals surface area (Å²) in [7, 11) is 0. The lowest BCUT2D eigenvalue weighted by Gasteiger charge is -2.05. The lowest BCUT2D eigenvalue weighted by atomic mass is 10.1. The Morgan fingerprint density at radius 2 is 2.05 bits per heavy atom. The van der Waals surface area contributed by atoms with Crippen LogP contribution in [0.4, 0.5) is 0 Å². The maximum Gasteiger partial charge on any atom is 0.188 e. The first-order valence-corrected chi connectivity index (χ1v) is 7.75. The molecule has 112 valence electrons. The van der Waals surface area contributed by atoms with Crippen LogP contribution >= 0.6 is 0 Å². The number of aliphatic imine (C=N–C) groups is 1. The molecule has 0 aliphatic heterocycles. The van der Waals surface area contributed by atoms with Crippen molar-refractivity contribution < 1.29 is 0 Å². The predicted octanol–water partition coefficient (Wildman–Crippen LogP) is 2.89. The fourth-order valence-electron chi connectivity index (χ4n) is 2.03. The van der Waals surface area contributed by atoms with Gasteiger partial charge in [0.25, 0.3) is 0 Å². The van der Waals surface area contributed by atoms with E-state index in [9.17, 15) is 0 Å². The van der Waals surface area contributed by atoms with Crippen LogP contribution < -0.4 is 11.1 Å². The molecule has 1 aromatic rings. The molecule has 0 fully saturated rings. The number of nitrogens with two attached hydrogens (primary N) is 1. The Hall–Kier alpha value is -1.58. The molecule has 0 aliphatic carbocycles. The summed E-state index contributed by atoms with van der Waals surface area (Å²) in [6.45, 7) is 3.87. The standard InChI is InChI=1S/C16H28N4/c1-2-3-4-5-6-7-12-19-16(17)20-13-10-15-9-8-11-18-14-15/h8-9,11,14H,2-7,10,12-13H2,1H3,(H3,17,19,20). The molecule has 1 aromatic heterocycles. The van der Waals surface area contributed by atoms with Gasteiger partial charge in [0, 0.05) is 25.5 Å². The van der Waals surface area contributed by atoms with E-state index in [0.29, 0.717) is 5.96 Å². The van der Waals surface area contributed by atoms with Gasteiger partial charge in [0.2, 0.25) is 0 Å². The van der Waals surface area contributed by atoms with Crippen molar-refractivity contribution in [2.45, 2.75) is 51.9 Å². The Bertz CT molecular complexity index is 362. The van der Waals surface area contributed by atoms with Gasteiger partial charge in [-0.05, 0) is 24.5 Å². The molecular formula is C16H28N4. The third-order valence-electron chi connectivity index (χ3n) is 3.24. The van der Waals surface area contributed by atoms with Crippen molar-refractivity contribution in [3.05, 3.63) is 30.1 Å². The molecule has 1 rings (SSSR count). The highest BCUT2D eigenvalue weighted by molar-refractivity contribution is 5.77. The number of hydrogen-bond acceptors (Lipinski definition) is 2. The summed E-state index contributed by atoms with van der Waals surface area (Å²) in [5.74, 6) is 0.558. The second-order valence-electron chi connectivity index (χ2n) is 5.07. The molecule has 1 heterocycles. The average Bonchev–Trinajstić information content (AvgIpc) is 2.47. The van der Waals surface area contributed by atoms with Crippen molar-refractivity contribution in [2.24, 2.45) is 10.7 Å². The molecule has 3 N–H and O–H groups in total. The van der Waals surface area contributed by atoms with Gasteiger partial charge in [-0.15, -0.1) is 0 Å². The van der Waals surface area contributed by atoms with Crippen molar-refractivity contribution in [2.75, 3.05) is 13.1 Å². The lowest BCUT2D eigenvalue weighted by Crippen LogP contribution is -2.33. The number of unbranched alkanes of at least 4 members (excludes halogenated alkanes) is 5. The molecule has 0 bridgehead atoms. The van der Waals surface area contributed by atoms with E-state index in [1.54, 1.807) is 6.20 Å². The first-order valence-electron chi connectivity index (χ1n) is 7.75. The molecule has 4 heteroatoms. The van der Waals surface area contributed by atoms with Crippen LogP contribution in [-0.2, 0) is 6.42 Å². The monoisotopic (exact) mass is 276 g/mol. The minimum absolute atomic E-state index is 0.558. The van der Waals surface area contributed by atoms with Crippen molar-refractivity contribution in [3.8, 4) is 0 Å². The van der Waals surface area contributed by atoms with E-state index >= 15 is 0 Å². The predicted molar refractivity (Wildman–Crippen MR) is 85.8 cm³/mol. The van der Waals surface area contributed by atoms with Gasteiger partial charge in [-0.25, -0.2) is 0 Å². The second kappa shape index (κ2) is 11.3. The Labute approximate surface area is 122 Å². The summed E-state index contributed by atoms with van der Waals surface area (Å²) < 4.78 is 0. The summed E-state index contributed by atoms with van der Waals surface area (Å²) in [6.07, 6.45) is 12.3. The van der Waals surface area contributed by atoms with Crippen LogP contribution in [0.1, 0.15) is 51.0 Å². The van der Waals surface area contributed by atoms with Gasteiger partial charge in [0.05, 0.1) is 0 Å². The first kappa shape index (κ1) is 16.5. The second-order valence-corrected chi connectivity index (χ2v) is 5.07. The van der Waals surface area contributed by atoms with Gasteiger partial charge >= 0.3 is 0 Å². The van der Waals surface area contributed by atoms with E-state index in [2.05, 4.69) is 28.3 Å². The van der Waals surface area contributed by atoms with Gasteiger partial charge in [0.15, 0.2) is 5.96 Å². The maximum absolute atomic E-state index is 5.82. The molecule has 4 nitrogen and oxygen atoms in total.